The Balaban J connectivity index is 2.56. The zero-order valence-corrected chi connectivity index (χ0v) is 13.6. The van der Waals surface area contributed by atoms with Crippen LogP contribution in [0.5, 0.6) is 17.2 Å². The first-order chi connectivity index (χ1) is 10.5. The van der Waals surface area contributed by atoms with Crippen LogP contribution < -0.4 is 19.5 Å². The van der Waals surface area contributed by atoms with Gasteiger partial charge in [-0.15, -0.1) is 0 Å². The first-order valence-corrected chi connectivity index (χ1v) is 7.11. The number of nitrogens with one attached hydrogen (secondary N) is 2. The van der Waals surface area contributed by atoms with E-state index in [9.17, 15) is 4.79 Å². The normalized spacial score (nSPS) is 10.8. The van der Waals surface area contributed by atoms with Gasteiger partial charge in [-0.3, -0.25) is 4.79 Å². The standard InChI is InChI=1S/C16H22N2O4/c1-9(2)7-18-16(19)10-8-17-11-6-12(20-3)14(21-4)15(22-5)13(10)11/h6,8-9,17H,7H2,1-5H3,(H,18,19). The van der Waals surface area contributed by atoms with Crippen LogP contribution in [0.1, 0.15) is 24.2 Å². The largest absolute Gasteiger partial charge is 0.493 e. The van der Waals surface area contributed by atoms with E-state index in [1.54, 1.807) is 26.5 Å². The monoisotopic (exact) mass is 306 g/mol. The van der Waals surface area contributed by atoms with Crippen LogP contribution >= 0.6 is 0 Å². The van der Waals surface area contributed by atoms with Crippen molar-refractivity contribution in [1.29, 1.82) is 0 Å². The van der Waals surface area contributed by atoms with Gasteiger partial charge in [0.2, 0.25) is 5.75 Å². The van der Waals surface area contributed by atoms with Crippen LogP contribution in [0.15, 0.2) is 12.3 Å². The maximum absolute atomic E-state index is 12.4. The van der Waals surface area contributed by atoms with Crippen molar-refractivity contribution in [3.8, 4) is 17.2 Å². The lowest BCUT2D eigenvalue weighted by Crippen LogP contribution is -2.27. The summed E-state index contributed by atoms with van der Waals surface area (Å²) in [4.78, 5) is 15.5. The Kier molecular flexibility index (Phi) is 4.80. The number of carbonyl (C=O) groups excluding carboxylic acids is 1. The summed E-state index contributed by atoms with van der Waals surface area (Å²) in [6, 6.07) is 1.79. The summed E-state index contributed by atoms with van der Waals surface area (Å²) in [5, 5.41) is 3.59. The van der Waals surface area contributed by atoms with Crippen LogP contribution in [-0.4, -0.2) is 38.8 Å². The number of aromatic amines is 1. The number of hydrogen-bond donors (Lipinski definition) is 2. The van der Waals surface area contributed by atoms with Gasteiger partial charge >= 0.3 is 0 Å². The number of benzene rings is 1. The number of fused-ring (bicyclic) bond motifs is 1. The lowest BCUT2D eigenvalue weighted by Gasteiger charge is -2.14. The summed E-state index contributed by atoms with van der Waals surface area (Å²) in [6.07, 6.45) is 1.67. The second-order valence-corrected chi connectivity index (χ2v) is 5.37. The Labute approximate surface area is 129 Å². The second-order valence-electron chi connectivity index (χ2n) is 5.37. The van der Waals surface area contributed by atoms with Gasteiger partial charge in [0.15, 0.2) is 11.5 Å². The van der Waals surface area contributed by atoms with Gasteiger partial charge in [0, 0.05) is 18.8 Å². The van der Waals surface area contributed by atoms with Crippen molar-refractivity contribution < 1.29 is 19.0 Å². The summed E-state index contributed by atoms with van der Waals surface area (Å²) in [5.74, 6) is 1.72. The molecule has 0 atom stereocenters. The third kappa shape index (κ3) is 2.81. The summed E-state index contributed by atoms with van der Waals surface area (Å²) in [7, 11) is 4.64. The van der Waals surface area contributed by atoms with Crippen LogP contribution in [0.3, 0.4) is 0 Å². The molecule has 1 aromatic heterocycles. The molecule has 1 aromatic carbocycles. The van der Waals surface area contributed by atoms with Gasteiger partial charge in [0.05, 0.1) is 37.8 Å². The number of hydrogen-bond acceptors (Lipinski definition) is 4. The molecule has 0 saturated carbocycles. The number of amides is 1. The second kappa shape index (κ2) is 6.60. The summed E-state index contributed by atoms with van der Waals surface area (Å²) in [5.41, 5.74) is 1.28. The van der Waals surface area contributed by atoms with E-state index in [0.717, 1.165) is 5.52 Å². The van der Waals surface area contributed by atoms with Crippen LogP contribution in [0.4, 0.5) is 0 Å². The summed E-state index contributed by atoms with van der Waals surface area (Å²) in [6.45, 7) is 4.70. The molecule has 0 saturated heterocycles. The lowest BCUT2D eigenvalue weighted by molar-refractivity contribution is 0.0950. The first-order valence-electron chi connectivity index (χ1n) is 7.11. The van der Waals surface area contributed by atoms with Crippen LogP contribution in [0, 0.1) is 5.92 Å². The van der Waals surface area contributed by atoms with Gasteiger partial charge in [0.1, 0.15) is 0 Å². The molecule has 0 fully saturated rings. The highest BCUT2D eigenvalue weighted by Crippen LogP contribution is 2.44. The Hall–Kier alpha value is -2.37. The molecule has 0 unspecified atom stereocenters. The van der Waals surface area contributed by atoms with Crippen LogP contribution in [-0.2, 0) is 0 Å². The molecule has 120 valence electrons. The highest BCUT2D eigenvalue weighted by atomic mass is 16.5. The van der Waals surface area contributed by atoms with Gasteiger partial charge in [-0.2, -0.15) is 0 Å². The number of H-pyrrole nitrogens is 1. The van der Waals surface area contributed by atoms with E-state index in [4.69, 9.17) is 14.2 Å². The van der Waals surface area contributed by atoms with Crippen molar-refractivity contribution >= 4 is 16.8 Å². The summed E-state index contributed by atoms with van der Waals surface area (Å²) >= 11 is 0. The molecule has 2 rings (SSSR count). The smallest absolute Gasteiger partial charge is 0.253 e. The van der Waals surface area contributed by atoms with E-state index < -0.39 is 0 Å². The molecule has 0 spiro atoms. The third-order valence-electron chi connectivity index (χ3n) is 3.39. The van der Waals surface area contributed by atoms with Gasteiger partial charge < -0.3 is 24.5 Å². The Morgan fingerprint density at radius 2 is 1.86 bits per heavy atom. The van der Waals surface area contributed by atoms with E-state index in [1.807, 2.05) is 13.8 Å². The zero-order valence-electron chi connectivity index (χ0n) is 13.6. The quantitative estimate of drug-likeness (QED) is 0.860. The fourth-order valence-corrected chi connectivity index (χ4v) is 2.33. The number of carbonyl (C=O) groups is 1. The van der Waals surface area contributed by atoms with Crippen molar-refractivity contribution in [1.82, 2.24) is 10.3 Å². The molecule has 0 radical (unpaired) electrons. The molecule has 22 heavy (non-hydrogen) atoms. The van der Waals surface area contributed by atoms with E-state index in [2.05, 4.69) is 10.3 Å². The lowest BCUT2D eigenvalue weighted by atomic mass is 10.1. The first kappa shape index (κ1) is 16.0. The SMILES string of the molecule is COc1cc2[nH]cc(C(=O)NCC(C)C)c2c(OC)c1OC. The van der Waals surface area contributed by atoms with Crippen LogP contribution in [0.2, 0.25) is 0 Å². The topological polar surface area (TPSA) is 72.6 Å². The van der Waals surface area contributed by atoms with Gasteiger partial charge in [0.25, 0.3) is 5.91 Å². The average Bonchev–Trinajstić information content (AvgIpc) is 2.93. The summed E-state index contributed by atoms with van der Waals surface area (Å²) < 4.78 is 16.1. The fourth-order valence-electron chi connectivity index (χ4n) is 2.33. The Bertz CT molecular complexity index is 676. The predicted molar refractivity (Wildman–Crippen MR) is 85.1 cm³/mol. The highest BCUT2D eigenvalue weighted by molar-refractivity contribution is 6.10. The number of aromatic nitrogens is 1. The number of methoxy groups -OCH3 is 3. The molecule has 1 heterocycles. The fraction of sp³-hybridized carbons (Fsp3) is 0.438. The van der Waals surface area contributed by atoms with Crippen molar-refractivity contribution in [3.05, 3.63) is 17.8 Å². The predicted octanol–water partition coefficient (Wildman–Crippen LogP) is 2.58. The molecule has 2 aromatic rings. The Morgan fingerprint density at radius 3 is 2.41 bits per heavy atom. The minimum absolute atomic E-state index is 0.148. The van der Waals surface area contributed by atoms with Crippen LogP contribution in [0.25, 0.3) is 10.9 Å². The molecule has 0 aliphatic rings. The minimum atomic E-state index is -0.148. The highest BCUT2D eigenvalue weighted by Gasteiger charge is 2.22. The maximum atomic E-state index is 12.4. The minimum Gasteiger partial charge on any atom is -0.493 e. The van der Waals surface area contributed by atoms with E-state index in [0.29, 0.717) is 40.7 Å². The van der Waals surface area contributed by atoms with E-state index in [-0.39, 0.29) is 5.91 Å². The van der Waals surface area contributed by atoms with Gasteiger partial charge in [-0.25, -0.2) is 0 Å². The van der Waals surface area contributed by atoms with Crippen molar-refractivity contribution in [3.63, 3.8) is 0 Å². The molecular weight excluding hydrogens is 284 g/mol. The van der Waals surface area contributed by atoms with Crippen molar-refractivity contribution in [2.45, 2.75) is 13.8 Å². The maximum Gasteiger partial charge on any atom is 0.253 e. The van der Waals surface area contributed by atoms with E-state index >= 15 is 0 Å². The molecule has 0 aliphatic heterocycles. The number of ether oxygens (including phenoxy) is 3. The molecule has 1 amide bonds. The third-order valence-corrected chi connectivity index (χ3v) is 3.39. The van der Waals surface area contributed by atoms with Gasteiger partial charge in [-0.05, 0) is 5.92 Å². The molecule has 6 heteroatoms. The molecule has 0 bridgehead atoms. The zero-order chi connectivity index (χ0) is 16.3. The molecule has 0 aliphatic carbocycles. The molecule has 2 N–H and O–H groups in total. The van der Waals surface area contributed by atoms with E-state index in [1.165, 1.54) is 7.11 Å². The molecular formula is C16H22N2O4. The van der Waals surface area contributed by atoms with Gasteiger partial charge in [-0.1, -0.05) is 13.8 Å². The number of rotatable bonds is 6. The average molecular weight is 306 g/mol. The Morgan fingerprint density at radius 1 is 1.18 bits per heavy atom. The van der Waals surface area contributed by atoms with Crippen molar-refractivity contribution in [2.24, 2.45) is 5.92 Å². The molecule has 6 nitrogen and oxygen atoms in total. The van der Waals surface area contributed by atoms with Crippen molar-refractivity contribution in [2.75, 3.05) is 27.9 Å².